The molecular weight excluding hydrogens is 433 g/mol. The standard InChI is InChI=1S/C24H27Cl2N3O2/c25-21-10-9-20(16-22(21)26)28-11-13-29(14-12-28)24(31)18-7-4-8-19(15-18)27-23(30)17-5-2-1-3-6-17/h1-3,5-6,9-10,16,18-19H,4,7-8,11-15H2,(H,27,30)/t18-,19+/m1/s1. The SMILES string of the molecule is O=C(N[C@H]1CCC[C@@H](C(=O)N2CCN(c3ccc(Cl)c(Cl)c3)CC2)C1)c1ccccc1. The van der Waals surface area contributed by atoms with Crippen LogP contribution in [0.3, 0.4) is 0 Å². The molecule has 1 saturated heterocycles. The number of amides is 2. The molecule has 2 aromatic rings. The Bertz CT molecular complexity index is 930. The number of piperazine rings is 1. The van der Waals surface area contributed by atoms with E-state index in [-0.39, 0.29) is 23.8 Å². The molecule has 0 unspecified atom stereocenters. The molecule has 5 nitrogen and oxygen atoms in total. The lowest BCUT2D eigenvalue weighted by Crippen LogP contribution is -2.51. The number of carbonyl (C=O) groups excluding carboxylic acids is 2. The van der Waals surface area contributed by atoms with Crippen molar-refractivity contribution in [1.29, 1.82) is 0 Å². The van der Waals surface area contributed by atoms with E-state index in [0.717, 1.165) is 38.0 Å². The van der Waals surface area contributed by atoms with Crippen LogP contribution in [0.25, 0.3) is 0 Å². The predicted octanol–water partition coefficient (Wildman–Crippen LogP) is 4.63. The van der Waals surface area contributed by atoms with Crippen LogP contribution in [-0.4, -0.2) is 48.9 Å². The normalized spacial score (nSPS) is 21.6. The molecule has 2 amide bonds. The molecule has 0 radical (unpaired) electrons. The first kappa shape index (κ1) is 22.0. The Morgan fingerprint density at radius 1 is 0.903 bits per heavy atom. The summed E-state index contributed by atoms with van der Waals surface area (Å²) in [5, 5.41) is 4.21. The summed E-state index contributed by atoms with van der Waals surface area (Å²) in [6.07, 6.45) is 3.49. The third-order valence-electron chi connectivity index (χ3n) is 6.25. The van der Waals surface area contributed by atoms with E-state index in [1.165, 1.54) is 0 Å². The highest BCUT2D eigenvalue weighted by Gasteiger charge is 2.32. The summed E-state index contributed by atoms with van der Waals surface area (Å²) in [5.74, 6) is 0.132. The molecule has 1 heterocycles. The zero-order chi connectivity index (χ0) is 21.8. The van der Waals surface area contributed by atoms with Gasteiger partial charge in [0.1, 0.15) is 0 Å². The van der Waals surface area contributed by atoms with Crippen molar-refractivity contribution in [3.63, 3.8) is 0 Å². The van der Waals surface area contributed by atoms with Crippen molar-refractivity contribution in [2.24, 2.45) is 5.92 Å². The number of hydrogen-bond donors (Lipinski definition) is 1. The van der Waals surface area contributed by atoms with Crippen molar-refractivity contribution >= 4 is 40.7 Å². The van der Waals surface area contributed by atoms with Gasteiger partial charge in [-0.15, -0.1) is 0 Å². The fourth-order valence-electron chi connectivity index (χ4n) is 4.53. The lowest BCUT2D eigenvalue weighted by Gasteiger charge is -2.39. The Balaban J connectivity index is 1.30. The van der Waals surface area contributed by atoms with Crippen LogP contribution in [0.4, 0.5) is 5.69 Å². The number of benzene rings is 2. The van der Waals surface area contributed by atoms with Crippen molar-refractivity contribution in [1.82, 2.24) is 10.2 Å². The minimum Gasteiger partial charge on any atom is -0.368 e. The molecule has 1 aliphatic carbocycles. The molecule has 2 aliphatic rings. The fraction of sp³-hybridized carbons (Fsp3) is 0.417. The van der Waals surface area contributed by atoms with Gasteiger partial charge in [-0.05, 0) is 49.6 Å². The van der Waals surface area contributed by atoms with Gasteiger partial charge in [0.25, 0.3) is 5.91 Å². The summed E-state index contributed by atoms with van der Waals surface area (Å²) in [4.78, 5) is 29.8. The molecule has 2 fully saturated rings. The Kier molecular flexibility index (Phi) is 7.03. The minimum atomic E-state index is -0.0612. The maximum Gasteiger partial charge on any atom is 0.251 e. The first-order chi connectivity index (χ1) is 15.0. The van der Waals surface area contributed by atoms with Gasteiger partial charge in [-0.1, -0.05) is 47.8 Å². The van der Waals surface area contributed by atoms with E-state index in [2.05, 4.69) is 10.2 Å². The van der Waals surface area contributed by atoms with E-state index in [1.807, 2.05) is 53.4 Å². The lowest BCUT2D eigenvalue weighted by molar-refractivity contribution is -0.137. The first-order valence-corrected chi connectivity index (χ1v) is 11.6. The highest BCUT2D eigenvalue weighted by Crippen LogP contribution is 2.29. The molecular formula is C24H27Cl2N3O2. The van der Waals surface area contributed by atoms with Crippen LogP contribution in [0.2, 0.25) is 10.0 Å². The predicted molar refractivity (Wildman–Crippen MR) is 125 cm³/mol. The summed E-state index contributed by atoms with van der Waals surface area (Å²) in [6.45, 7) is 2.92. The minimum absolute atomic E-state index is 0.0219. The quantitative estimate of drug-likeness (QED) is 0.724. The van der Waals surface area contributed by atoms with Crippen LogP contribution in [0.1, 0.15) is 36.0 Å². The van der Waals surface area contributed by atoms with Crippen LogP contribution in [-0.2, 0) is 4.79 Å². The van der Waals surface area contributed by atoms with Gasteiger partial charge >= 0.3 is 0 Å². The smallest absolute Gasteiger partial charge is 0.251 e. The van der Waals surface area contributed by atoms with Gasteiger partial charge in [0.05, 0.1) is 10.0 Å². The van der Waals surface area contributed by atoms with Gasteiger partial charge in [0, 0.05) is 49.4 Å². The zero-order valence-corrected chi connectivity index (χ0v) is 18.9. The Labute approximate surface area is 193 Å². The van der Waals surface area contributed by atoms with Gasteiger partial charge in [-0.25, -0.2) is 0 Å². The molecule has 164 valence electrons. The van der Waals surface area contributed by atoms with Crippen LogP contribution in [0, 0.1) is 5.92 Å². The summed E-state index contributed by atoms with van der Waals surface area (Å²) in [5.41, 5.74) is 1.69. The molecule has 1 aliphatic heterocycles. The first-order valence-electron chi connectivity index (χ1n) is 10.9. The van der Waals surface area contributed by atoms with Crippen LogP contribution >= 0.6 is 23.2 Å². The molecule has 31 heavy (non-hydrogen) atoms. The Morgan fingerprint density at radius 3 is 2.35 bits per heavy atom. The Morgan fingerprint density at radius 2 is 1.65 bits per heavy atom. The van der Waals surface area contributed by atoms with Gasteiger partial charge in [-0.2, -0.15) is 0 Å². The molecule has 4 rings (SSSR count). The lowest BCUT2D eigenvalue weighted by atomic mass is 9.84. The molecule has 0 aromatic heterocycles. The summed E-state index contributed by atoms with van der Waals surface area (Å²) in [7, 11) is 0. The Hall–Kier alpha value is -2.24. The number of rotatable bonds is 4. The maximum absolute atomic E-state index is 13.2. The van der Waals surface area contributed by atoms with Crippen molar-refractivity contribution in [3.8, 4) is 0 Å². The summed E-state index contributed by atoms with van der Waals surface area (Å²) < 4.78 is 0. The molecule has 2 atom stereocenters. The van der Waals surface area contributed by atoms with E-state index in [0.29, 0.717) is 35.1 Å². The topological polar surface area (TPSA) is 52.7 Å². The molecule has 2 aromatic carbocycles. The molecule has 1 saturated carbocycles. The van der Waals surface area contributed by atoms with Crippen molar-refractivity contribution < 1.29 is 9.59 Å². The summed E-state index contributed by atoms with van der Waals surface area (Å²) >= 11 is 12.2. The number of nitrogens with one attached hydrogen (secondary N) is 1. The van der Waals surface area contributed by atoms with E-state index < -0.39 is 0 Å². The number of halogens is 2. The van der Waals surface area contributed by atoms with Crippen LogP contribution < -0.4 is 10.2 Å². The number of hydrogen-bond acceptors (Lipinski definition) is 3. The fourth-order valence-corrected chi connectivity index (χ4v) is 4.82. The van der Waals surface area contributed by atoms with Crippen LogP contribution in [0.15, 0.2) is 48.5 Å². The van der Waals surface area contributed by atoms with E-state index in [4.69, 9.17) is 23.2 Å². The van der Waals surface area contributed by atoms with Gasteiger partial charge in [0.2, 0.25) is 5.91 Å². The largest absolute Gasteiger partial charge is 0.368 e. The average Bonchev–Trinajstić information content (AvgIpc) is 2.81. The highest BCUT2D eigenvalue weighted by atomic mass is 35.5. The third kappa shape index (κ3) is 5.34. The maximum atomic E-state index is 13.2. The van der Waals surface area contributed by atoms with E-state index in [9.17, 15) is 9.59 Å². The van der Waals surface area contributed by atoms with E-state index >= 15 is 0 Å². The van der Waals surface area contributed by atoms with Gasteiger partial charge in [0.15, 0.2) is 0 Å². The molecule has 0 spiro atoms. The number of nitrogens with zero attached hydrogens (tertiary/aromatic N) is 2. The second-order valence-electron chi connectivity index (χ2n) is 8.31. The van der Waals surface area contributed by atoms with Crippen LogP contribution in [0.5, 0.6) is 0 Å². The van der Waals surface area contributed by atoms with Gasteiger partial charge < -0.3 is 15.1 Å². The van der Waals surface area contributed by atoms with Crippen molar-refractivity contribution in [2.45, 2.75) is 31.7 Å². The van der Waals surface area contributed by atoms with Crippen molar-refractivity contribution in [2.75, 3.05) is 31.1 Å². The average molecular weight is 460 g/mol. The zero-order valence-electron chi connectivity index (χ0n) is 17.4. The third-order valence-corrected chi connectivity index (χ3v) is 6.99. The second-order valence-corrected chi connectivity index (χ2v) is 9.13. The van der Waals surface area contributed by atoms with E-state index in [1.54, 1.807) is 0 Å². The summed E-state index contributed by atoms with van der Waals surface area (Å²) in [6, 6.07) is 14.9. The van der Waals surface area contributed by atoms with Gasteiger partial charge in [-0.3, -0.25) is 9.59 Å². The number of anilines is 1. The monoisotopic (exact) mass is 459 g/mol. The molecule has 1 N–H and O–H groups in total. The second kappa shape index (κ2) is 9.92. The molecule has 0 bridgehead atoms. The van der Waals surface area contributed by atoms with Crippen molar-refractivity contribution in [3.05, 3.63) is 64.1 Å². The molecule has 7 heteroatoms. The highest BCUT2D eigenvalue weighted by molar-refractivity contribution is 6.42. The number of carbonyl (C=O) groups is 2.